The molecule has 0 saturated carbocycles. The van der Waals surface area contributed by atoms with Crippen molar-refractivity contribution in [3.05, 3.63) is 35.1 Å². The number of nitrogens with one attached hydrogen (secondary N) is 1. The molecule has 1 aromatic rings. The number of carbonyl (C=O) groups is 1. The van der Waals surface area contributed by atoms with Gasteiger partial charge in [0.05, 0.1) is 5.56 Å². The molecule has 0 spiro atoms. The molecule has 0 aliphatic carbocycles. The Morgan fingerprint density at radius 1 is 1.28 bits per heavy atom. The highest BCUT2D eigenvalue weighted by Gasteiger charge is 2.31. The predicted octanol–water partition coefficient (Wildman–Crippen LogP) is 1.96. The van der Waals surface area contributed by atoms with Crippen molar-refractivity contribution in [3.8, 4) is 0 Å². The fourth-order valence-electron chi connectivity index (χ4n) is 1.27. The van der Waals surface area contributed by atoms with Gasteiger partial charge in [0.1, 0.15) is 5.82 Å². The lowest BCUT2D eigenvalue weighted by atomic mass is 10.1. The van der Waals surface area contributed by atoms with Crippen LogP contribution in [0.15, 0.2) is 18.2 Å². The van der Waals surface area contributed by atoms with Crippen molar-refractivity contribution in [2.45, 2.75) is 12.6 Å². The van der Waals surface area contributed by atoms with Gasteiger partial charge in [-0.3, -0.25) is 4.79 Å². The first-order valence-electron chi connectivity index (χ1n) is 5.11. The molecule has 0 aliphatic heterocycles. The molecule has 1 rings (SSSR count). The number of hydrogen-bond acceptors (Lipinski definition) is 2. The summed E-state index contributed by atoms with van der Waals surface area (Å²) in [5.74, 6) is -1.94. The first-order valence-corrected chi connectivity index (χ1v) is 5.11. The molecule has 1 aromatic carbocycles. The van der Waals surface area contributed by atoms with Crippen molar-refractivity contribution < 1.29 is 27.5 Å². The molecule has 0 saturated heterocycles. The molecule has 0 unspecified atom stereocenters. The summed E-state index contributed by atoms with van der Waals surface area (Å²) in [5, 5.41) is 10.8. The molecule has 0 bridgehead atoms. The van der Waals surface area contributed by atoms with Crippen LogP contribution >= 0.6 is 0 Å². The Balaban J connectivity index is 2.89. The molecular formula is C11H11F4NO2. The zero-order valence-electron chi connectivity index (χ0n) is 9.22. The second-order valence-electron chi connectivity index (χ2n) is 3.56. The smallest absolute Gasteiger partial charge is 0.396 e. The minimum absolute atomic E-state index is 0.104. The Bertz CT molecular complexity index is 432. The van der Waals surface area contributed by atoms with E-state index in [1.165, 1.54) is 0 Å². The first kappa shape index (κ1) is 14.4. The van der Waals surface area contributed by atoms with Gasteiger partial charge >= 0.3 is 6.18 Å². The van der Waals surface area contributed by atoms with E-state index in [1.54, 1.807) is 0 Å². The van der Waals surface area contributed by atoms with Gasteiger partial charge < -0.3 is 10.4 Å². The summed E-state index contributed by atoms with van der Waals surface area (Å²) in [4.78, 5) is 11.4. The van der Waals surface area contributed by atoms with Gasteiger partial charge in [-0.15, -0.1) is 0 Å². The zero-order chi connectivity index (χ0) is 13.8. The van der Waals surface area contributed by atoms with Crippen molar-refractivity contribution in [1.82, 2.24) is 5.32 Å². The summed E-state index contributed by atoms with van der Waals surface area (Å²) in [5.41, 5.74) is -1.62. The summed E-state index contributed by atoms with van der Waals surface area (Å²) < 4.78 is 50.1. The van der Waals surface area contributed by atoms with Gasteiger partial charge in [-0.2, -0.15) is 13.2 Å². The third-order valence-electron chi connectivity index (χ3n) is 2.11. The molecule has 0 radical (unpaired) electrons. The molecule has 100 valence electrons. The highest BCUT2D eigenvalue weighted by atomic mass is 19.4. The van der Waals surface area contributed by atoms with Gasteiger partial charge in [0, 0.05) is 18.7 Å². The maximum Gasteiger partial charge on any atom is 0.416 e. The normalized spacial score (nSPS) is 11.4. The van der Waals surface area contributed by atoms with Crippen LogP contribution in [0, 0.1) is 5.82 Å². The topological polar surface area (TPSA) is 49.3 Å². The largest absolute Gasteiger partial charge is 0.416 e. The van der Waals surface area contributed by atoms with E-state index in [0.29, 0.717) is 12.1 Å². The van der Waals surface area contributed by atoms with Crippen molar-refractivity contribution >= 4 is 5.91 Å². The molecule has 3 nitrogen and oxygen atoms in total. The van der Waals surface area contributed by atoms with Crippen LogP contribution in [-0.2, 0) is 6.18 Å². The lowest BCUT2D eigenvalue weighted by molar-refractivity contribution is -0.137. The molecule has 0 atom stereocenters. The van der Waals surface area contributed by atoms with Crippen molar-refractivity contribution in [3.63, 3.8) is 0 Å². The monoisotopic (exact) mass is 265 g/mol. The summed E-state index contributed by atoms with van der Waals surface area (Å²) >= 11 is 0. The highest BCUT2D eigenvalue weighted by Crippen LogP contribution is 2.30. The van der Waals surface area contributed by atoms with E-state index < -0.39 is 29.0 Å². The molecule has 0 aliphatic rings. The SMILES string of the molecule is O=C(NCCCO)c1cc(F)cc(C(F)(F)F)c1. The Kier molecular flexibility index (Phi) is 4.66. The van der Waals surface area contributed by atoms with E-state index in [0.717, 1.165) is 6.07 Å². The Morgan fingerprint density at radius 3 is 2.50 bits per heavy atom. The summed E-state index contributed by atoms with van der Waals surface area (Å²) in [6.07, 6.45) is -4.44. The van der Waals surface area contributed by atoms with Gasteiger partial charge in [0.25, 0.3) is 5.91 Å². The number of amides is 1. The maximum atomic E-state index is 13.0. The average molecular weight is 265 g/mol. The number of benzene rings is 1. The number of hydrogen-bond donors (Lipinski definition) is 2. The molecule has 0 aromatic heterocycles. The van der Waals surface area contributed by atoms with Crippen LogP contribution in [0.1, 0.15) is 22.3 Å². The third-order valence-corrected chi connectivity index (χ3v) is 2.11. The molecule has 18 heavy (non-hydrogen) atoms. The van der Waals surface area contributed by atoms with Crippen molar-refractivity contribution in [2.75, 3.05) is 13.2 Å². The third kappa shape index (κ3) is 3.99. The van der Waals surface area contributed by atoms with Crippen LogP contribution < -0.4 is 5.32 Å². The van der Waals surface area contributed by atoms with E-state index in [1.807, 2.05) is 0 Å². The maximum absolute atomic E-state index is 13.0. The van der Waals surface area contributed by atoms with Gasteiger partial charge in [-0.1, -0.05) is 0 Å². The number of aliphatic hydroxyl groups excluding tert-OH is 1. The second-order valence-corrected chi connectivity index (χ2v) is 3.56. The molecular weight excluding hydrogens is 254 g/mol. The zero-order valence-corrected chi connectivity index (χ0v) is 9.22. The highest BCUT2D eigenvalue weighted by molar-refractivity contribution is 5.94. The fourth-order valence-corrected chi connectivity index (χ4v) is 1.27. The average Bonchev–Trinajstić information content (AvgIpc) is 2.27. The van der Waals surface area contributed by atoms with Gasteiger partial charge in [-0.25, -0.2) is 4.39 Å². The van der Waals surface area contributed by atoms with E-state index in [2.05, 4.69) is 5.32 Å². The first-order chi connectivity index (χ1) is 8.34. The minimum Gasteiger partial charge on any atom is -0.396 e. The lowest BCUT2D eigenvalue weighted by Gasteiger charge is -2.09. The number of halogens is 4. The van der Waals surface area contributed by atoms with Crippen molar-refractivity contribution in [2.24, 2.45) is 0 Å². The van der Waals surface area contributed by atoms with Crippen LogP contribution in [0.25, 0.3) is 0 Å². The Labute approximate surface area is 100 Å². The number of rotatable bonds is 4. The second kappa shape index (κ2) is 5.81. The van der Waals surface area contributed by atoms with Gasteiger partial charge in [0.2, 0.25) is 0 Å². The Morgan fingerprint density at radius 2 is 1.94 bits per heavy atom. The van der Waals surface area contributed by atoms with Crippen LogP contribution in [0.2, 0.25) is 0 Å². The molecule has 0 fully saturated rings. The van der Waals surface area contributed by atoms with Crippen LogP contribution in [0.5, 0.6) is 0 Å². The number of alkyl halides is 3. The minimum atomic E-state index is -4.71. The van der Waals surface area contributed by atoms with E-state index in [-0.39, 0.29) is 19.6 Å². The molecule has 2 N–H and O–H groups in total. The number of carbonyl (C=O) groups excluding carboxylic acids is 1. The lowest BCUT2D eigenvalue weighted by Crippen LogP contribution is -2.25. The van der Waals surface area contributed by atoms with E-state index in [4.69, 9.17) is 5.11 Å². The van der Waals surface area contributed by atoms with E-state index >= 15 is 0 Å². The Hall–Kier alpha value is -1.63. The van der Waals surface area contributed by atoms with Crippen molar-refractivity contribution in [1.29, 1.82) is 0 Å². The summed E-state index contributed by atoms with van der Waals surface area (Å²) in [6, 6.07) is 1.63. The fraction of sp³-hybridized carbons (Fsp3) is 0.364. The quantitative estimate of drug-likeness (QED) is 0.646. The van der Waals surface area contributed by atoms with Gasteiger partial charge in [-0.05, 0) is 24.6 Å². The van der Waals surface area contributed by atoms with Crippen LogP contribution in [0.4, 0.5) is 17.6 Å². The summed E-state index contributed by atoms with van der Waals surface area (Å²) in [7, 11) is 0. The van der Waals surface area contributed by atoms with Crippen LogP contribution in [-0.4, -0.2) is 24.2 Å². The van der Waals surface area contributed by atoms with E-state index in [9.17, 15) is 22.4 Å². The van der Waals surface area contributed by atoms with Gasteiger partial charge in [0.15, 0.2) is 0 Å². The molecule has 7 heteroatoms. The summed E-state index contributed by atoms with van der Waals surface area (Å²) in [6.45, 7) is -0.0512. The predicted molar refractivity (Wildman–Crippen MR) is 55.4 cm³/mol. The standard InChI is InChI=1S/C11H11F4NO2/c12-9-5-7(10(18)16-2-1-3-17)4-8(6-9)11(13,14)15/h4-6,17H,1-3H2,(H,16,18). The number of aliphatic hydroxyl groups is 1. The van der Waals surface area contributed by atoms with Crippen LogP contribution in [0.3, 0.4) is 0 Å². The molecule has 1 amide bonds. The molecule has 0 heterocycles.